The number of hydrogen-bond donors (Lipinski definition) is 0. The molecule has 5 heteroatoms. The van der Waals surface area contributed by atoms with Crippen molar-refractivity contribution in [1.29, 1.82) is 0 Å². The second kappa shape index (κ2) is 6.73. The first-order chi connectivity index (χ1) is 11.9. The molecule has 0 aromatic heterocycles. The van der Waals surface area contributed by atoms with E-state index in [0.29, 0.717) is 11.6 Å². The van der Waals surface area contributed by atoms with Gasteiger partial charge in [0.05, 0.1) is 0 Å². The average Bonchev–Trinajstić information content (AvgIpc) is 2.92. The molecular formula is C20H17NO4. The minimum Gasteiger partial charge on any atom is -0.427 e. The van der Waals surface area contributed by atoms with Crippen LogP contribution in [0.25, 0.3) is 6.08 Å². The van der Waals surface area contributed by atoms with Crippen LogP contribution in [0.3, 0.4) is 0 Å². The number of esters is 2. The van der Waals surface area contributed by atoms with E-state index in [4.69, 9.17) is 9.47 Å². The molecule has 3 rings (SSSR count). The predicted octanol–water partition coefficient (Wildman–Crippen LogP) is 3.57. The van der Waals surface area contributed by atoms with Gasteiger partial charge in [0.25, 0.3) is 0 Å². The largest absolute Gasteiger partial charge is 0.427 e. The van der Waals surface area contributed by atoms with Gasteiger partial charge in [-0.1, -0.05) is 18.2 Å². The maximum atomic E-state index is 12.1. The van der Waals surface area contributed by atoms with Crippen molar-refractivity contribution in [2.45, 2.75) is 20.8 Å². The molecule has 0 radical (unpaired) electrons. The molecule has 0 atom stereocenters. The van der Waals surface area contributed by atoms with Gasteiger partial charge in [-0.2, -0.15) is 0 Å². The Kier molecular flexibility index (Phi) is 4.48. The molecule has 0 spiro atoms. The maximum absolute atomic E-state index is 12.1. The van der Waals surface area contributed by atoms with Crippen LogP contribution in [0.1, 0.15) is 29.2 Å². The molecule has 25 heavy (non-hydrogen) atoms. The number of nitrogens with zero attached hydrogens (tertiary/aromatic N) is 1. The summed E-state index contributed by atoms with van der Waals surface area (Å²) in [6.07, 6.45) is 1.63. The number of cyclic esters (lactones) is 1. The van der Waals surface area contributed by atoms with E-state index in [0.717, 1.165) is 22.3 Å². The molecule has 2 aromatic rings. The summed E-state index contributed by atoms with van der Waals surface area (Å²) in [5, 5.41) is 0. The molecule has 5 nitrogen and oxygen atoms in total. The van der Waals surface area contributed by atoms with E-state index in [1.165, 1.54) is 6.92 Å². The molecule has 0 amide bonds. The van der Waals surface area contributed by atoms with E-state index in [9.17, 15) is 9.59 Å². The van der Waals surface area contributed by atoms with E-state index in [2.05, 4.69) is 4.99 Å². The predicted molar refractivity (Wildman–Crippen MR) is 94.3 cm³/mol. The Morgan fingerprint density at radius 3 is 2.44 bits per heavy atom. The lowest BCUT2D eigenvalue weighted by Crippen LogP contribution is -2.05. The summed E-state index contributed by atoms with van der Waals surface area (Å²) in [4.78, 5) is 27.3. The van der Waals surface area contributed by atoms with Crippen LogP contribution in [0.5, 0.6) is 5.75 Å². The van der Waals surface area contributed by atoms with Gasteiger partial charge < -0.3 is 9.47 Å². The highest BCUT2D eigenvalue weighted by Crippen LogP contribution is 2.21. The number of aryl methyl sites for hydroxylation is 2. The van der Waals surface area contributed by atoms with Crippen LogP contribution in [0.2, 0.25) is 0 Å². The molecule has 0 N–H and O–H groups in total. The highest BCUT2D eigenvalue weighted by molar-refractivity contribution is 6.12. The molecule has 0 bridgehead atoms. The number of hydrogen-bond acceptors (Lipinski definition) is 5. The lowest BCUT2D eigenvalue weighted by molar-refractivity contribution is -0.132. The first kappa shape index (κ1) is 16.6. The number of carbonyl (C=O) groups excluding carboxylic acids is 2. The molecule has 1 aliphatic heterocycles. The normalized spacial score (nSPS) is 15.1. The Bertz CT molecular complexity index is 908. The molecular weight excluding hydrogens is 318 g/mol. The van der Waals surface area contributed by atoms with Crippen LogP contribution in [0.15, 0.2) is 53.2 Å². The lowest BCUT2D eigenvalue weighted by atomic mass is 10.1. The van der Waals surface area contributed by atoms with Crippen LogP contribution in [0.4, 0.5) is 0 Å². The Morgan fingerprint density at radius 1 is 1.08 bits per heavy atom. The van der Waals surface area contributed by atoms with Crippen LogP contribution in [-0.2, 0) is 14.3 Å². The summed E-state index contributed by atoms with van der Waals surface area (Å²) in [6, 6.07) is 12.6. The first-order valence-electron chi connectivity index (χ1n) is 7.81. The number of carbonyl (C=O) groups is 2. The molecule has 0 saturated carbocycles. The van der Waals surface area contributed by atoms with Gasteiger partial charge in [-0.05, 0) is 60.9 Å². The maximum Gasteiger partial charge on any atom is 0.363 e. The van der Waals surface area contributed by atoms with Crippen molar-refractivity contribution >= 4 is 23.9 Å². The second-order valence-corrected chi connectivity index (χ2v) is 5.80. The van der Waals surface area contributed by atoms with Gasteiger partial charge in [0.1, 0.15) is 5.75 Å². The summed E-state index contributed by atoms with van der Waals surface area (Å²) in [5.74, 6) is -0.121. The number of aliphatic imine (C=N–C) groups is 1. The number of ether oxygens (including phenoxy) is 2. The summed E-state index contributed by atoms with van der Waals surface area (Å²) >= 11 is 0. The number of benzene rings is 2. The van der Waals surface area contributed by atoms with Gasteiger partial charge in [-0.3, -0.25) is 4.79 Å². The average molecular weight is 335 g/mol. The van der Waals surface area contributed by atoms with Gasteiger partial charge in [0, 0.05) is 12.5 Å². The van der Waals surface area contributed by atoms with Gasteiger partial charge in [-0.25, -0.2) is 9.79 Å². The van der Waals surface area contributed by atoms with Gasteiger partial charge in [0.15, 0.2) is 5.70 Å². The summed E-state index contributed by atoms with van der Waals surface area (Å²) in [7, 11) is 0. The Morgan fingerprint density at radius 2 is 1.80 bits per heavy atom. The Hall–Kier alpha value is -3.21. The van der Waals surface area contributed by atoms with Gasteiger partial charge >= 0.3 is 11.9 Å². The zero-order valence-corrected chi connectivity index (χ0v) is 14.2. The van der Waals surface area contributed by atoms with Crippen molar-refractivity contribution in [3.63, 3.8) is 0 Å². The molecule has 1 aliphatic rings. The highest BCUT2D eigenvalue weighted by Gasteiger charge is 2.24. The number of rotatable bonds is 3. The zero-order chi connectivity index (χ0) is 18.0. The van der Waals surface area contributed by atoms with E-state index in [1.807, 2.05) is 32.0 Å². The van der Waals surface area contributed by atoms with Crippen LogP contribution < -0.4 is 4.74 Å². The molecule has 0 unspecified atom stereocenters. The third-order valence-corrected chi connectivity index (χ3v) is 3.82. The molecule has 126 valence electrons. The van der Waals surface area contributed by atoms with Crippen molar-refractivity contribution in [2.24, 2.45) is 4.99 Å². The lowest BCUT2D eigenvalue weighted by Gasteiger charge is -2.03. The summed E-state index contributed by atoms with van der Waals surface area (Å²) in [6.45, 7) is 5.36. The zero-order valence-electron chi connectivity index (χ0n) is 14.2. The minimum absolute atomic E-state index is 0.230. The Labute approximate surface area is 145 Å². The fraction of sp³-hybridized carbons (Fsp3) is 0.150. The van der Waals surface area contributed by atoms with Crippen molar-refractivity contribution in [1.82, 2.24) is 0 Å². The quantitative estimate of drug-likeness (QED) is 0.489. The molecule has 2 aromatic carbocycles. The second-order valence-electron chi connectivity index (χ2n) is 5.80. The van der Waals surface area contributed by atoms with E-state index in [1.54, 1.807) is 30.3 Å². The van der Waals surface area contributed by atoms with Crippen LogP contribution in [-0.4, -0.2) is 17.8 Å². The van der Waals surface area contributed by atoms with Crippen molar-refractivity contribution in [3.05, 3.63) is 70.4 Å². The standard InChI is InChI=1S/C20H17NO4/c1-12-4-7-16(10-13(12)2)19-21-18(20(23)25-19)11-15-5-8-17(9-6-15)24-14(3)22/h4-11H,1-3H3/b18-11-. The van der Waals surface area contributed by atoms with Gasteiger partial charge in [0.2, 0.25) is 5.90 Å². The van der Waals surface area contributed by atoms with Crippen molar-refractivity contribution in [3.8, 4) is 5.75 Å². The smallest absolute Gasteiger partial charge is 0.363 e. The molecule has 0 fully saturated rings. The monoisotopic (exact) mass is 335 g/mol. The SMILES string of the molecule is CC(=O)Oc1ccc(/C=C2\N=C(c3ccc(C)c(C)c3)OC2=O)cc1. The topological polar surface area (TPSA) is 65.0 Å². The molecule has 1 heterocycles. The van der Waals surface area contributed by atoms with Crippen LogP contribution in [0, 0.1) is 13.8 Å². The first-order valence-corrected chi connectivity index (χ1v) is 7.81. The van der Waals surface area contributed by atoms with E-state index >= 15 is 0 Å². The highest BCUT2D eigenvalue weighted by atomic mass is 16.6. The third-order valence-electron chi connectivity index (χ3n) is 3.82. The summed E-state index contributed by atoms with van der Waals surface area (Å²) < 4.78 is 10.3. The van der Waals surface area contributed by atoms with Gasteiger partial charge in [-0.15, -0.1) is 0 Å². The minimum atomic E-state index is -0.489. The molecule has 0 saturated heterocycles. The van der Waals surface area contributed by atoms with E-state index < -0.39 is 5.97 Å². The third kappa shape index (κ3) is 3.83. The Balaban J connectivity index is 1.85. The van der Waals surface area contributed by atoms with Crippen LogP contribution >= 0.6 is 0 Å². The molecule has 0 aliphatic carbocycles. The van der Waals surface area contributed by atoms with Crippen molar-refractivity contribution < 1.29 is 19.1 Å². The summed E-state index contributed by atoms with van der Waals surface area (Å²) in [5.41, 5.74) is 4.03. The fourth-order valence-corrected chi connectivity index (χ4v) is 2.36. The van der Waals surface area contributed by atoms with Crippen molar-refractivity contribution in [2.75, 3.05) is 0 Å². The fourth-order valence-electron chi connectivity index (χ4n) is 2.36. The van der Waals surface area contributed by atoms with E-state index in [-0.39, 0.29) is 11.7 Å².